The summed E-state index contributed by atoms with van der Waals surface area (Å²) in [5.74, 6) is 0.956. The van der Waals surface area contributed by atoms with Crippen LogP contribution in [0.1, 0.15) is 6.42 Å². The third kappa shape index (κ3) is 1.40. The van der Waals surface area contributed by atoms with Crippen molar-refractivity contribution >= 4 is 5.78 Å². The third-order valence-corrected chi connectivity index (χ3v) is 2.34. The number of hydrogen-bond acceptors (Lipinski definition) is 1. The zero-order valence-electron chi connectivity index (χ0n) is 6.81. The van der Waals surface area contributed by atoms with E-state index in [4.69, 9.17) is 0 Å². The van der Waals surface area contributed by atoms with Crippen LogP contribution < -0.4 is 0 Å². The zero-order valence-corrected chi connectivity index (χ0v) is 6.81. The van der Waals surface area contributed by atoms with E-state index in [2.05, 4.69) is 18.2 Å². The summed E-state index contributed by atoms with van der Waals surface area (Å²) in [6.45, 7) is 0. The average Bonchev–Trinajstić information content (AvgIpc) is 2.25. The normalized spacial score (nSPS) is 33.2. The lowest BCUT2D eigenvalue weighted by Crippen LogP contribution is -2.13. The molecule has 61 valence electrons. The standard InChI is InChI=1S/C11H11O/c12-11-7-3-6-9-4-1-2-5-10(9)8-11/h1-5,7-10H,6H2. The Labute approximate surface area is 72.5 Å². The van der Waals surface area contributed by atoms with Crippen molar-refractivity contribution in [2.45, 2.75) is 6.42 Å². The van der Waals surface area contributed by atoms with E-state index in [-0.39, 0.29) is 5.78 Å². The fraction of sp³-hybridized carbons (Fsp3) is 0.273. The van der Waals surface area contributed by atoms with Gasteiger partial charge in [-0.1, -0.05) is 30.4 Å². The first-order valence-electron chi connectivity index (χ1n) is 4.26. The predicted octanol–water partition coefficient (Wildman–Crippen LogP) is 2.08. The Kier molecular flexibility index (Phi) is 1.94. The van der Waals surface area contributed by atoms with Gasteiger partial charge in [0.05, 0.1) is 0 Å². The van der Waals surface area contributed by atoms with Crippen molar-refractivity contribution in [1.82, 2.24) is 0 Å². The minimum atomic E-state index is 0.141. The molecular weight excluding hydrogens is 148 g/mol. The van der Waals surface area contributed by atoms with Gasteiger partial charge in [0.1, 0.15) is 0 Å². The molecule has 0 saturated heterocycles. The molecule has 0 N–H and O–H groups in total. The van der Waals surface area contributed by atoms with Gasteiger partial charge in [0.15, 0.2) is 5.78 Å². The van der Waals surface area contributed by atoms with Crippen molar-refractivity contribution in [3.05, 3.63) is 42.9 Å². The summed E-state index contributed by atoms with van der Waals surface area (Å²) < 4.78 is 0. The SMILES string of the molecule is O=C1[CH]C2C=CC=CC2CC=C1. The quantitative estimate of drug-likeness (QED) is 0.529. The average molecular weight is 159 g/mol. The Morgan fingerprint density at radius 1 is 1.25 bits per heavy atom. The first kappa shape index (κ1) is 7.53. The minimum Gasteiger partial charge on any atom is -0.295 e. The molecule has 0 aliphatic heterocycles. The molecule has 2 unspecified atom stereocenters. The highest BCUT2D eigenvalue weighted by atomic mass is 16.1. The summed E-state index contributed by atoms with van der Waals surface area (Å²) in [4.78, 5) is 11.1. The molecule has 0 fully saturated rings. The van der Waals surface area contributed by atoms with E-state index in [1.165, 1.54) is 0 Å². The summed E-state index contributed by atoms with van der Waals surface area (Å²) >= 11 is 0. The summed E-state index contributed by atoms with van der Waals surface area (Å²) in [5, 5.41) is 0. The van der Waals surface area contributed by atoms with E-state index in [0.717, 1.165) is 6.42 Å². The van der Waals surface area contributed by atoms with Gasteiger partial charge in [0.25, 0.3) is 0 Å². The summed E-state index contributed by atoms with van der Waals surface area (Å²) in [6, 6.07) is 0. The molecular formula is C11H11O. The van der Waals surface area contributed by atoms with Crippen LogP contribution in [0.2, 0.25) is 0 Å². The number of fused-ring (bicyclic) bond motifs is 1. The fourth-order valence-corrected chi connectivity index (χ4v) is 1.67. The second-order valence-electron chi connectivity index (χ2n) is 3.22. The molecule has 0 aromatic rings. The molecule has 0 heterocycles. The third-order valence-electron chi connectivity index (χ3n) is 2.34. The fourth-order valence-electron chi connectivity index (χ4n) is 1.67. The lowest BCUT2D eigenvalue weighted by atomic mass is 9.84. The molecule has 0 bridgehead atoms. The predicted molar refractivity (Wildman–Crippen MR) is 48.3 cm³/mol. The van der Waals surface area contributed by atoms with Crippen molar-refractivity contribution in [2.75, 3.05) is 0 Å². The van der Waals surface area contributed by atoms with Crippen molar-refractivity contribution in [3.63, 3.8) is 0 Å². The smallest absolute Gasteiger partial charge is 0.159 e. The second kappa shape index (κ2) is 3.10. The van der Waals surface area contributed by atoms with Crippen LogP contribution in [0.3, 0.4) is 0 Å². The number of hydrogen-bond donors (Lipinski definition) is 0. The monoisotopic (exact) mass is 159 g/mol. The lowest BCUT2D eigenvalue weighted by Gasteiger charge is -2.19. The van der Waals surface area contributed by atoms with Gasteiger partial charge in [0.2, 0.25) is 0 Å². The lowest BCUT2D eigenvalue weighted by molar-refractivity contribution is -0.112. The van der Waals surface area contributed by atoms with Crippen LogP contribution in [0.5, 0.6) is 0 Å². The summed E-state index contributed by atoms with van der Waals surface area (Å²) in [6.07, 6.45) is 14.7. The molecule has 2 aliphatic carbocycles. The molecule has 1 heteroatoms. The van der Waals surface area contributed by atoms with Gasteiger partial charge in [-0.2, -0.15) is 0 Å². The Morgan fingerprint density at radius 2 is 2.08 bits per heavy atom. The number of allylic oxidation sites excluding steroid dienone is 6. The van der Waals surface area contributed by atoms with Gasteiger partial charge >= 0.3 is 0 Å². The van der Waals surface area contributed by atoms with E-state index < -0.39 is 0 Å². The first-order valence-corrected chi connectivity index (χ1v) is 4.26. The van der Waals surface area contributed by atoms with Gasteiger partial charge in [-0.05, 0) is 24.3 Å². The zero-order chi connectivity index (χ0) is 8.39. The largest absolute Gasteiger partial charge is 0.295 e. The number of rotatable bonds is 0. The highest BCUT2D eigenvalue weighted by Gasteiger charge is 2.21. The van der Waals surface area contributed by atoms with Crippen LogP contribution in [-0.2, 0) is 4.79 Å². The molecule has 1 nitrogen and oxygen atoms in total. The highest BCUT2D eigenvalue weighted by Crippen LogP contribution is 2.27. The van der Waals surface area contributed by atoms with Crippen molar-refractivity contribution in [1.29, 1.82) is 0 Å². The highest BCUT2D eigenvalue weighted by molar-refractivity contribution is 5.97. The number of ketones is 1. The topological polar surface area (TPSA) is 17.1 Å². The Bertz CT molecular complexity index is 271. The van der Waals surface area contributed by atoms with Gasteiger partial charge in [-0.15, -0.1) is 0 Å². The molecule has 0 spiro atoms. The molecule has 2 atom stereocenters. The van der Waals surface area contributed by atoms with Crippen LogP contribution in [-0.4, -0.2) is 5.78 Å². The maximum absolute atomic E-state index is 11.1. The Morgan fingerprint density at radius 3 is 3.00 bits per heavy atom. The summed E-state index contributed by atoms with van der Waals surface area (Å²) in [5.41, 5.74) is 0. The van der Waals surface area contributed by atoms with Crippen molar-refractivity contribution < 1.29 is 4.79 Å². The van der Waals surface area contributed by atoms with Crippen LogP contribution >= 0.6 is 0 Å². The first-order chi connectivity index (χ1) is 5.86. The van der Waals surface area contributed by atoms with E-state index in [1.807, 2.05) is 12.2 Å². The van der Waals surface area contributed by atoms with E-state index in [1.54, 1.807) is 12.5 Å². The molecule has 0 aromatic heterocycles. The van der Waals surface area contributed by atoms with Crippen LogP contribution in [0, 0.1) is 18.3 Å². The van der Waals surface area contributed by atoms with Crippen LogP contribution in [0.4, 0.5) is 0 Å². The van der Waals surface area contributed by atoms with Gasteiger partial charge in [-0.25, -0.2) is 0 Å². The summed E-state index contributed by atoms with van der Waals surface area (Å²) in [7, 11) is 0. The maximum Gasteiger partial charge on any atom is 0.159 e. The van der Waals surface area contributed by atoms with Crippen LogP contribution in [0.15, 0.2) is 36.5 Å². The van der Waals surface area contributed by atoms with Crippen LogP contribution in [0.25, 0.3) is 0 Å². The second-order valence-corrected chi connectivity index (χ2v) is 3.22. The van der Waals surface area contributed by atoms with Gasteiger partial charge in [0, 0.05) is 6.42 Å². The Balaban J connectivity index is 2.19. The Hall–Kier alpha value is -1.11. The molecule has 2 rings (SSSR count). The van der Waals surface area contributed by atoms with E-state index in [0.29, 0.717) is 11.8 Å². The molecule has 0 aromatic carbocycles. The molecule has 12 heavy (non-hydrogen) atoms. The molecule has 1 radical (unpaired) electrons. The van der Waals surface area contributed by atoms with Crippen molar-refractivity contribution in [3.8, 4) is 0 Å². The molecule has 2 aliphatic rings. The molecule has 0 amide bonds. The van der Waals surface area contributed by atoms with Gasteiger partial charge in [-0.3, -0.25) is 4.79 Å². The molecule has 0 saturated carbocycles. The number of carbonyl (C=O) groups is 1. The van der Waals surface area contributed by atoms with Crippen molar-refractivity contribution in [2.24, 2.45) is 11.8 Å². The van der Waals surface area contributed by atoms with Gasteiger partial charge < -0.3 is 0 Å². The minimum absolute atomic E-state index is 0.141. The van der Waals surface area contributed by atoms with E-state index in [9.17, 15) is 4.79 Å². The number of carbonyl (C=O) groups excluding carboxylic acids is 1. The maximum atomic E-state index is 11.1. The van der Waals surface area contributed by atoms with E-state index >= 15 is 0 Å².